The lowest BCUT2D eigenvalue weighted by molar-refractivity contribution is 0.0616. The van der Waals surface area contributed by atoms with Gasteiger partial charge in [-0.3, -0.25) is 0 Å². The van der Waals surface area contributed by atoms with Gasteiger partial charge in [0.25, 0.3) is 0 Å². The molecule has 0 amide bonds. The molecule has 0 rings (SSSR count). The highest BCUT2D eigenvalue weighted by Crippen LogP contribution is 2.11. The van der Waals surface area contributed by atoms with Crippen LogP contribution in [-0.2, 0) is 0 Å². The molecule has 0 aliphatic heterocycles. The van der Waals surface area contributed by atoms with Crippen LogP contribution in [-0.4, -0.2) is 34.6 Å². The van der Waals surface area contributed by atoms with Gasteiger partial charge < -0.3 is 15.3 Å². The van der Waals surface area contributed by atoms with Crippen molar-refractivity contribution in [2.75, 3.05) is 13.2 Å². The second kappa shape index (κ2) is 4.44. The third-order valence-corrected chi connectivity index (χ3v) is 1.61. The van der Waals surface area contributed by atoms with Crippen LogP contribution < -0.4 is 0 Å². The number of rotatable bonds is 4. The fourth-order valence-corrected chi connectivity index (χ4v) is 0.574. The summed E-state index contributed by atoms with van der Waals surface area (Å²) in [6.07, 6.45) is -0.806. The molecule has 0 aromatic rings. The van der Waals surface area contributed by atoms with Gasteiger partial charge in [0.05, 0.1) is 19.3 Å². The largest absolute Gasteiger partial charge is 0.394 e. The molecule has 3 N–H and O–H groups in total. The van der Waals surface area contributed by atoms with Crippen molar-refractivity contribution >= 4 is 0 Å². The van der Waals surface area contributed by atoms with Crippen molar-refractivity contribution in [3.8, 4) is 0 Å². The lowest BCUT2D eigenvalue weighted by Gasteiger charge is -2.17. The summed E-state index contributed by atoms with van der Waals surface area (Å²) in [4.78, 5) is 0. The van der Waals surface area contributed by atoms with E-state index in [4.69, 9.17) is 15.3 Å². The van der Waals surface area contributed by atoms with E-state index in [1.807, 2.05) is 0 Å². The molecule has 0 spiro atoms. The Balaban J connectivity index is 3.81. The fourth-order valence-electron chi connectivity index (χ4n) is 0.574. The molecule has 3 heteroatoms. The Labute approximate surface area is 60.6 Å². The predicted molar refractivity (Wildman–Crippen MR) is 38.5 cm³/mol. The summed E-state index contributed by atoms with van der Waals surface area (Å²) in [6, 6.07) is 0. The molecule has 0 heterocycles. The first-order valence-electron chi connectivity index (χ1n) is 3.21. The van der Waals surface area contributed by atoms with E-state index in [-0.39, 0.29) is 19.1 Å². The summed E-state index contributed by atoms with van der Waals surface area (Å²) < 4.78 is 0. The van der Waals surface area contributed by atoms with E-state index in [2.05, 4.69) is 6.58 Å². The molecule has 0 saturated heterocycles. The maximum atomic E-state index is 9.01. The molecule has 0 fully saturated rings. The zero-order valence-electron chi connectivity index (χ0n) is 6.12. The zero-order valence-corrected chi connectivity index (χ0v) is 6.12. The van der Waals surface area contributed by atoms with Gasteiger partial charge in [-0.05, 0) is 5.57 Å². The van der Waals surface area contributed by atoms with Gasteiger partial charge in [0.2, 0.25) is 0 Å². The molecule has 10 heavy (non-hydrogen) atoms. The maximum absolute atomic E-state index is 9.01. The van der Waals surface area contributed by atoms with E-state index < -0.39 is 6.10 Å². The average molecular weight is 146 g/mol. The molecule has 0 unspecified atom stereocenters. The lowest BCUT2D eigenvalue weighted by atomic mass is 9.98. The number of hydrogen-bond acceptors (Lipinski definition) is 3. The maximum Gasteiger partial charge on any atom is 0.0834 e. The molecule has 0 aromatic heterocycles. The minimum absolute atomic E-state index is 0.141. The Morgan fingerprint density at radius 3 is 2.30 bits per heavy atom. The van der Waals surface area contributed by atoms with Gasteiger partial charge in [-0.25, -0.2) is 0 Å². The highest BCUT2D eigenvalue weighted by atomic mass is 16.3. The summed E-state index contributed by atoms with van der Waals surface area (Å²) in [5.41, 5.74) is 0.543. The van der Waals surface area contributed by atoms with Gasteiger partial charge in [0, 0.05) is 5.92 Å². The van der Waals surface area contributed by atoms with Gasteiger partial charge in [0.15, 0.2) is 0 Å². The predicted octanol–water partition coefficient (Wildman–Crippen LogP) is -0.476. The van der Waals surface area contributed by atoms with Crippen LogP contribution in [0.3, 0.4) is 0 Å². The SMILES string of the molecule is C=C(CO)[C@H](C)[C@@H](O)CO. The van der Waals surface area contributed by atoms with Crippen LogP contribution in [0.25, 0.3) is 0 Å². The van der Waals surface area contributed by atoms with E-state index in [0.29, 0.717) is 5.57 Å². The molecule has 0 bridgehead atoms. The van der Waals surface area contributed by atoms with Gasteiger partial charge in [-0.2, -0.15) is 0 Å². The Morgan fingerprint density at radius 1 is 1.50 bits per heavy atom. The second-order valence-corrected chi connectivity index (χ2v) is 2.35. The molecule has 0 aliphatic carbocycles. The van der Waals surface area contributed by atoms with Crippen molar-refractivity contribution in [3.05, 3.63) is 12.2 Å². The zero-order chi connectivity index (χ0) is 8.15. The summed E-state index contributed by atoms with van der Waals surface area (Å²) in [7, 11) is 0. The molecule has 3 nitrogen and oxygen atoms in total. The van der Waals surface area contributed by atoms with E-state index in [0.717, 1.165) is 0 Å². The average Bonchev–Trinajstić information content (AvgIpc) is 2.00. The van der Waals surface area contributed by atoms with Crippen molar-refractivity contribution in [3.63, 3.8) is 0 Å². The smallest absolute Gasteiger partial charge is 0.0834 e. The quantitative estimate of drug-likeness (QED) is 0.470. The van der Waals surface area contributed by atoms with Crippen LogP contribution in [0.1, 0.15) is 6.92 Å². The standard InChI is InChI=1S/C7H14O3/c1-5(3-8)6(2)7(10)4-9/h6-10H,1,3-4H2,2H3/t6-,7-/m0/s1. The number of hydrogen-bond donors (Lipinski definition) is 3. The van der Waals surface area contributed by atoms with Crippen LogP contribution >= 0.6 is 0 Å². The molecule has 0 saturated carbocycles. The van der Waals surface area contributed by atoms with Gasteiger partial charge in [-0.1, -0.05) is 13.5 Å². The number of aliphatic hydroxyl groups excluding tert-OH is 3. The van der Waals surface area contributed by atoms with Crippen molar-refractivity contribution in [1.82, 2.24) is 0 Å². The van der Waals surface area contributed by atoms with Crippen molar-refractivity contribution in [2.24, 2.45) is 5.92 Å². The number of aliphatic hydroxyl groups is 3. The Kier molecular flexibility index (Phi) is 4.27. The lowest BCUT2D eigenvalue weighted by Crippen LogP contribution is -2.24. The second-order valence-electron chi connectivity index (χ2n) is 2.35. The Morgan fingerprint density at radius 2 is 2.00 bits per heavy atom. The molecule has 0 radical (unpaired) electrons. The minimum atomic E-state index is -0.806. The van der Waals surface area contributed by atoms with Gasteiger partial charge in [-0.15, -0.1) is 0 Å². The van der Waals surface area contributed by atoms with Gasteiger partial charge >= 0.3 is 0 Å². The van der Waals surface area contributed by atoms with Crippen LogP contribution in [0.15, 0.2) is 12.2 Å². The van der Waals surface area contributed by atoms with Crippen molar-refractivity contribution in [1.29, 1.82) is 0 Å². The first-order valence-corrected chi connectivity index (χ1v) is 3.21. The molecule has 60 valence electrons. The van der Waals surface area contributed by atoms with Crippen LogP contribution in [0, 0.1) is 5.92 Å². The molecular weight excluding hydrogens is 132 g/mol. The molecule has 0 aromatic carbocycles. The van der Waals surface area contributed by atoms with E-state index in [9.17, 15) is 0 Å². The monoisotopic (exact) mass is 146 g/mol. The summed E-state index contributed by atoms with van der Waals surface area (Å²) >= 11 is 0. The molecule has 0 aliphatic rings. The van der Waals surface area contributed by atoms with Crippen LogP contribution in [0.2, 0.25) is 0 Å². The molecular formula is C7H14O3. The fraction of sp³-hybridized carbons (Fsp3) is 0.714. The Bertz CT molecular complexity index is 111. The normalized spacial score (nSPS) is 16.4. The highest BCUT2D eigenvalue weighted by Gasteiger charge is 2.14. The molecule has 2 atom stereocenters. The van der Waals surface area contributed by atoms with Crippen LogP contribution in [0.4, 0.5) is 0 Å². The van der Waals surface area contributed by atoms with Crippen molar-refractivity contribution < 1.29 is 15.3 Å². The highest BCUT2D eigenvalue weighted by molar-refractivity contribution is 5.01. The summed E-state index contributed by atoms with van der Waals surface area (Å²) in [5, 5.41) is 26.0. The summed E-state index contributed by atoms with van der Waals surface area (Å²) in [5.74, 6) is -0.241. The van der Waals surface area contributed by atoms with Gasteiger partial charge in [0.1, 0.15) is 0 Å². The minimum Gasteiger partial charge on any atom is -0.394 e. The first kappa shape index (κ1) is 9.62. The van der Waals surface area contributed by atoms with E-state index in [1.54, 1.807) is 6.92 Å². The van der Waals surface area contributed by atoms with E-state index in [1.165, 1.54) is 0 Å². The van der Waals surface area contributed by atoms with Crippen molar-refractivity contribution in [2.45, 2.75) is 13.0 Å². The third-order valence-electron chi connectivity index (χ3n) is 1.61. The first-order chi connectivity index (χ1) is 4.63. The summed E-state index contributed by atoms with van der Waals surface area (Å²) in [6.45, 7) is 4.80. The topological polar surface area (TPSA) is 60.7 Å². The van der Waals surface area contributed by atoms with Crippen LogP contribution in [0.5, 0.6) is 0 Å². The third kappa shape index (κ3) is 2.47. The Hall–Kier alpha value is -0.380. The van der Waals surface area contributed by atoms with E-state index >= 15 is 0 Å².